The van der Waals surface area contributed by atoms with Crippen LogP contribution in [-0.2, 0) is 4.79 Å². The van der Waals surface area contributed by atoms with Gasteiger partial charge in [-0.15, -0.1) is 0 Å². The smallest absolute Gasteiger partial charge is 0.241 e. The molecular weight excluding hydrogens is 192 g/mol. The molecule has 15 heavy (non-hydrogen) atoms. The Hall–Kier alpha value is -1.55. The van der Waals surface area contributed by atoms with Crippen molar-refractivity contribution >= 4 is 11.6 Å². The number of carbonyl (C=O) groups excluding carboxylic acids is 1. The van der Waals surface area contributed by atoms with Gasteiger partial charge in [0.1, 0.15) is 5.75 Å². The van der Waals surface area contributed by atoms with Gasteiger partial charge < -0.3 is 10.4 Å². The number of nitrogens with zero attached hydrogens (tertiary/aromatic N) is 1. The number of hydrogen-bond acceptors (Lipinski definition) is 3. The van der Waals surface area contributed by atoms with Crippen molar-refractivity contribution in [3.8, 4) is 5.75 Å². The van der Waals surface area contributed by atoms with Crippen molar-refractivity contribution < 1.29 is 9.90 Å². The van der Waals surface area contributed by atoms with Gasteiger partial charge in [-0.05, 0) is 45.3 Å². The third kappa shape index (κ3) is 3.25. The number of likely N-dealkylation sites (N-methyl/N-ethyl adjacent to an activating group) is 1. The Bertz CT molecular complexity index is 333. The fourth-order valence-corrected chi connectivity index (χ4v) is 1.03. The van der Waals surface area contributed by atoms with Crippen LogP contribution in [0.1, 0.15) is 6.92 Å². The largest absolute Gasteiger partial charge is 0.508 e. The lowest BCUT2D eigenvalue weighted by Crippen LogP contribution is -2.37. The molecular formula is C11H16N2O2. The molecule has 0 fully saturated rings. The zero-order chi connectivity index (χ0) is 11.4. The van der Waals surface area contributed by atoms with Gasteiger partial charge in [0.15, 0.2) is 0 Å². The van der Waals surface area contributed by atoms with Gasteiger partial charge in [-0.25, -0.2) is 0 Å². The number of carbonyl (C=O) groups is 1. The molecule has 0 saturated heterocycles. The summed E-state index contributed by atoms with van der Waals surface area (Å²) in [5, 5.41) is 11.8. The van der Waals surface area contributed by atoms with Crippen LogP contribution in [0.5, 0.6) is 5.75 Å². The quantitative estimate of drug-likeness (QED) is 0.736. The molecule has 1 amide bonds. The van der Waals surface area contributed by atoms with Gasteiger partial charge in [-0.1, -0.05) is 0 Å². The van der Waals surface area contributed by atoms with Crippen LogP contribution in [0.15, 0.2) is 24.3 Å². The molecule has 0 aliphatic carbocycles. The Labute approximate surface area is 89.5 Å². The molecule has 2 N–H and O–H groups in total. The van der Waals surface area contributed by atoms with E-state index >= 15 is 0 Å². The fourth-order valence-electron chi connectivity index (χ4n) is 1.03. The summed E-state index contributed by atoms with van der Waals surface area (Å²) in [6.45, 7) is 1.83. The van der Waals surface area contributed by atoms with E-state index < -0.39 is 0 Å². The molecule has 4 heteroatoms. The molecule has 1 unspecified atom stereocenters. The first kappa shape index (κ1) is 11.5. The van der Waals surface area contributed by atoms with E-state index in [1.165, 1.54) is 12.1 Å². The Morgan fingerprint density at radius 1 is 1.33 bits per heavy atom. The molecule has 0 aliphatic rings. The highest BCUT2D eigenvalue weighted by Gasteiger charge is 2.14. The molecule has 0 saturated carbocycles. The number of hydrogen-bond donors (Lipinski definition) is 2. The van der Waals surface area contributed by atoms with E-state index in [0.717, 1.165) is 0 Å². The lowest BCUT2D eigenvalue weighted by molar-refractivity contribution is -0.119. The molecule has 1 aromatic carbocycles. The van der Waals surface area contributed by atoms with Crippen LogP contribution >= 0.6 is 0 Å². The maximum Gasteiger partial charge on any atom is 0.241 e. The van der Waals surface area contributed by atoms with Gasteiger partial charge >= 0.3 is 0 Å². The van der Waals surface area contributed by atoms with Crippen molar-refractivity contribution in [2.75, 3.05) is 19.4 Å². The lowest BCUT2D eigenvalue weighted by atomic mass is 10.2. The fraction of sp³-hybridized carbons (Fsp3) is 0.364. The van der Waals surface area contributed by atoms with Crippen LogP contribution in [0.2, 0.25) is 0 Å². The van der Waals surface area contributed by atoms with Crippen LogP contribution in [0.3, 0.4) is 0 Å². The highest BCUT2D eigenvalue weighted by atomic mass is 16.3. The molecule has 1 rings (SSSR count). The van der Waals surface area contributed by atoms with E-state index in [9.17, 15) is 4.79 Å². The number of nitrogens with one attached hydrogen (secondary N) is 1. The van der Waals surface area contributed by atoms with E-state index in [0.29, 0.717) is 5.69 Å². The number of anilines is 1. The summed E-state index contributed by atoms with van der Waals surface area (Å²) in [7, 11) is 3.70. The molecule has 0 aromatic heterocycles. The van der Waals surface area contributed by atoms with Crippen LogP contribution in [-0.4, -0.2) is 36.1 Å². The molecule has 0 spiro atoms. The van der Waals surface area contributed by atoms with Gasteiger partial charge in [-0.2, -0.15) is 0 Å². The number of aromatic hydroxyl groups is 1. The minimum atomic E-state index is -0.182. The second kappa shape index (κ2) is 4.79. The molecule has 4 nitrogen and oxygen atoms in total. The van der Waals surface area contributed by atoms with Gasteiger partial charge in [-0.3, -0.25) is 9.69 Å². The van der Waals surface area contributed by atoms with Crippen molar-refractivity contribution in [1.29, 1.82) is 0 Å². The number of rotatable bonds is 3. The van der Waals surface area contributed by atoms with Crippen LogP contribution in [0.25, 0.3) is 0 Å². The van der Waals surface area contributed by atoms with Crippen molar-refractivity contribution in [3.63, 3.8) is 0 Å². The monoisotopic (exact) mass is 208 g/mol. The topological polar surface area (TPSA) is 52.6 Å². The average Bonchev–Trinajstić information content (AvgIpc) is 2.20. The van der Waals surface area contributed by atoms with Gasteiger partial charge in [0.25, 0.3) is 0 Å². The number of phenols is 1. The third-order valence-corrected chi connectivity index (χ3v) is 2.29. The van der Waals surface area contributed by atoms with Crippen LogP contribution < -0.4 is 5.32 Å². The number of benzene rings is 1. The van der Waals surface area contributed by atoms with Gasteiger partial charge in [0, 0.05) is 5.69 Å². The first-order valence-corrected chi connectivity index (χ1v) is 4.77. The van der Waals surface area contributed by atoms with Gasteiger partial charge in [0.2, 0.25) is 5.91 Å². The lowest BCUT2D eigenvalue weighted by Gasteiger charge is -2.18. The predicted molar refractivity (Wildman–Crippen MR) is 59.9 cm³/mol. The Morgan fingerprint density at radius 2 is 1.87 bits per heavy atom. The first-order chi connectivity index (χ1) is 7.00. The summed E-state index contributed by atoms with van der Waals surface area (Å²) in [6, 6.07) is 6.22. The molecule has 0 bridgehead atoms. The summed E-state index contributed by atoms with van der Waals surface area (Å²) >= 11 is 0. The SMILES string of the molecule is CC(C(=O)Nc1ccc(O)cc1)N(C)C. The summed E-state index contributed by atoms with van der Waals surface area (Å²) in [4.78, 5) is 13.5. The predicted octanol–water partition coefficient (Wildman–Crippen LogP) is 1.28. The Kier molecular flexibility index (Phi) is 3.68. The number of amides is 1. The molecule has 0 heterocycles. The first-order valence-electron chi connectivity index (χ1n) is 4.77. The normalized spacial score (nSPS) is 12.5. The molecule has 1 aromatic rings. The maximum absolute atomic E-state index is 11.6. The van der Waals surface area contributed by atoms with Crippen molar-refractivity contribution in [1.82, 2.24) is 4.90 Å². The minimum Gasteiger partial charge on any atom is -0.508 e. The maximum atomic E-state index is 11.6. The highest BCUT2D eigenvalue weighted by molar-refractivity contribution is 5.94. The van der Waals surface area contributed by atoms with E-state index in [-0.39, 0.29) is 17.7 Å². The second-order valence-electron chi connectivity index (χ2n) is 3.68. The average molecular weight is 208 g/mol. The van der Waals surface area contributed by atoms with Crippen molar-refractivity contribution in [3.05, 3.63) is 24.3 Å². The van der Waals surface area contributed by atoms with E-state index in [2.05, 4.69) is 5.32 Å². The molecule has 0 radical (unpaired) electrons. The standard InChI is InChI=1S/C11H16N2O2/c1-8(13(2)3)11(15)12-9-4-6-10(14)7-5-9/h4-8,14H,1-3H3,(H,12,15). The molecule has 82 valence electrons. The zero-order valence-electron chi connectivity index (χ0n) is 9.19. The number of phenolic OH excluding ortho intramolecular Hbond substituents is 1. The zero-order valence-corrected chi connectivity index (χ0v) is 9.19. The Morgan fingerprint density at radius 3 is 2.33 bits per heavy atom. The van der Waals surface area contributed by atoms with E-state index in [4.69, 9.17) is 5.11 Å². The minimum absolute atomic E-state index is 0.0642. The van der Waals surface area contributed by atoms with Gasteiger partial charge in [0.05, 0.1) is 6.04 Å². The van der Waals surface area contributed by atoms with Crippen molar-refractivity contribution in [2.24, 2.45) is 0 Å². The van der Waals surface area contributed by atoms with Crippen molar-refractivity contribution in [2.45, 2.75) is 13.0 Å². The summed E-state index contributed by atoms with van der Waals surface area (Å²) in [5.74, 6) is 0.124. The van der Waals surface area contributed by atoms with E-state index in [1.807, 2.05) is 25.9 Å². The summed E-state index contributed by atoms with van der Waals surface area (Å²) in [6.07, 6.45) is 0. The van der Waals surface area contributed by atoms with Crippen LogP contribution in [0, 0.1) is 0 Å². The van der Waals surface area contributed by atoms with Crippen LogP contribution in [0.4, 0.5) is 5.69 Å². The second-order valence-corrected chi connectivity index (χ2v) is 3.68. The summed E-state index contributed by atoms with van der Waals surface area (Å²) < 4.78 is 0. The summed E-state index contributed by atoms with van der Waals surface area (Å²) in [5.41, 5.74) is 0.687. The third-order valence-electron chi connectivity index (χ3n) is 2.29. The molecule has 0 aliphatic heterocycles. The highest BCUT2D eigenvalue weighted by Crippen LogP contribution is 2.14. The van der Waals surface area contributed by atoms with E-state index in [1.54, 1.807) is 12.1 Å². The molecule has 1 atom stereocenters. The Balaban J connectivity index is 2.62.